The third kappa shape index (κ3) is 4.20. The van der Waals surface area contributed by atoms with Crippen molar-refractivity contribution in [2.45, 2.75) is 19.5 Å². The summed E-state index contributed by atoms with van der Waals surface area (Å²) in [7, 11) is 0. The molecule has 0 bridgehead atoms. The fourth-order valence-electron chi connectivity index (χ4n) is 1.93. The van der Waals surface area contributed by atoms with Gasteiger partial charge in [0.15, 0.2) is 0 Å². The van der Waals surface area contributed by atoms with Crippen molar-refractivity contribution in [1.82, 2.24) is 5.32 Å². The van der Waals surface area contributed by atoms with Crippen molar-refractivity contribution in [3.05, 3.63) is 69.7 Å². The van der Waals surface area contributed by atoms with E-state index in [2.05, 4.69) is 45.5 Å². The number of hydrogen-bond acceptors (Lipinski definition) is 2. The number of hydrogen-bond donors (Lipinski definition) is 1. The summed E-state index contributed by atoms with van der Waals surface area (Å²) >= 11 is 3.43. The Labute approximate surface area is 122 Å². The fourth-order valence-corrected chi connectivity index (χ4v) is 2.20. The molecule has 2 rings (SSSR count). The van der Waals surface area contributed by atoms with Crippen molar-refractivity contribution < 1.29 is 0 Å². The normalized spacial score (nSPS) is 10.1. The van der Waals surface area contributed by atoms with E-state index >= 15 is 0 Å². The highest BCUT2D eigenvalue weighted by molar-refractivity contribution is 9.10. The van der Waals surface area contributed by atoms with Gasteiger partial charge in [-0.2, -0.15) is 5.26 Å². The molecule has 0 saturated heterocycles. The summed E-state index contributed by atoms with van der Waals surface area (Å²) in [5.41, 5.74) is 3.55. The first-order valence-corrected chi connectivity index (χ1v) is 6.98. The molecule has 2 aromatic carbocycles. The molecule has 19 heavy (non-hydrogen) atoms. The molecule has 0 aliphatic carbocycles. The van der Waals surface area contributed by atoms with Crippen LogP contribution in [0.15, 0.2) is 53.0 Å². The second-order valence-electron chi connectivity index (χ2n) is 4.33. The van der Waals surface area contributed by atoms with Crippen LogP contribution in [0.5, 0.6) is 0 Å². The molecule has 0 heterocycles. The standard InChI is InChI=1S/C16H15BrN2/c17-16-7-5-13(6-8-16)11-19-12-15-4-2-1-3-14(15)9-10-18/h1-8,19H,9,11-12H2. The highest BCUT2D eigenvalue weighted by Gasteiger charge is 2.01. The molecule has 0 aliphatic heterocycles. The van der Waals surface area contributed by atoms with Gasteiger partial charge in [-0.25, -0.2) is 0 Å². The first-order chi connectivity index (χ1) is 9.29. The second kappa shape index (κ2) is 7.08. The number of benzene rings is 2. The maximum absolute atomic E-state index is 8.80. The highest BCUT2D eigenvalue weighted by Crippen LogP contribution is 2.12. The zero-order valence-corrected chi connectivity index (χ0v) is 12.2. The van der Waals surface area contributed by atoms with Gasteiger partial charge in [-0.05, 0) is 28.8 Å². The van der Waals surface area contributed by atoms with Crippen LogP contribution in [0.1, 0.15) is 16.7 Å². The Morgan fingerprint density at radius 2 is 1.63 bits per heavy atom. The summed E-state index contributed by atoms with van der Waals surface area (Å²) in [6, 6.07) is 18.6. The SMILES string of the molecule is N#CCc1ccccc1CNCc1ccc(Br)cc1. The Kier molecular flexibility index (Phi) is 5.14. The maximum Gasteiger partial charge on any atom is 0.0669 e. The van der Waals surface area contributed by atoms with E-state index in [4.69, 9.17) is 5.26 Å². The lowest BCUT2D eigenvalue weighted by Crippen LogP contribution is -2.13. The van der Waals surface area contributed by atoms with E-state index in [1.807, 2.05) is 30.3 Å². The molecular formula is C16H15BrN2. The van der Waals surface area contributed by atoms with Gasteiger partial charge in [0.25, 0.3) is 0 Å². The van der Waals surface area contributed by atoms with E-state index in [9.17, 15) is 0 Å². The molecule has 1 N–H and O–H groups in total. The molecule has 0 fully saturated rings. The van der Waals surface area contributed by atoms with E-state index in [0.717, 1.165) is 23.1 Å². The summed E-state index contributed by atoms with van der Waals surface area (Å²) < 4.78 is 1.09. The molecule has 96 valence electrons. The lowest BCUT2D eigenvalue weighted by atomic mass is 10.1. The average Bonchev–Trinajstić information content (AvgIpc) is 2.43. The van der Waals surface area contributed by atoms with Crippen LogP contribution >= 0.6 is 15.9 Å². The van der Waals surface area contributed by atoms with Crippen molar-refractivity contribution >= 4 is 15.9 Å². The largest absolute Gasteiger partial charge is 0.309 e. The van der Waals surface area contributed by atoms with Crippen LogP contribution in [0.25, 0.3) is 0 Å². The molecule has 0 atom stereocenters. The van der Waals surface area contributed by atoms with Crippen molar-refractivity contribution in [2.75, 3.05) is 0 Å². The van der Waals surface area contributed by atoms with E-state index in [1.165, 1.54) is 11.1 Å². The lowest BCUT2D eigenvalue weighted by molar-refractivity contribution is 0.689. The Bertz CT molecular complexity index is 570. The minimum atomic E-state index is 0.468. The average molecular weight is 315 g/mol. The number of nitrogens with zero attached hydrogens (tertiary/aromatic N) is 1. The van der Waals surface area contributed by atoms with Crippen LogP contribution in [0, 0.1) is 11.3 Å². The quantitative estimate of drug-likeness (QED) is 0.911. The predicted octanol–water partition coefficient (Wildman–Crippen LogP) is 3.80. The molecular weight excluding hydrogens is 300 g/mol. The number of nitriles is 1. The Morgan fingerprint density at radius 3 is 2.32 bits per heavy atom. The molecule has 0 unspecified atom stereocenters. The van der Waals surface area contributed by atoms with Crippen molar-refractivity contribution in [1.29, 1.82) is 5.26 Å². The topological polar surface area (TPSA) is 35.8 Å². The predicted molar refractivity (Wildman–Crippen MR) is 80.4 cm³/mol. The van der Waals surface area contributed by atoms with E-state index < -0.39 is 0 Å². The number of nitrogens with one attached hydrogen (secondary N) is 1. The van der Waals surface area contributed by atoms with Gasteiger partial charge in [0.2, 0.25) is 0 Å². The number of rotatable bonds is 5. The van der Waals surface area contributed by atoms with Gasteiger partial charge in [0.05, 0.1) is 12.5 Å². The van der Waals surface area contributed by atoms with Gasteiger partial charge < -0.3 is 5.32 Å². The third-order valence-electron chi connectivity index (χ3n) is 2.95. The molecule has 0 saturated carbocycles. The van der Waals surface area contributed by atoms with E-state index in [-0.39, 0.29) is 0 Å². The summed E-state index contributed by atoms with van der Waals surface area (Å²) in [5, 5.41) is 12.2. The van der Waals surface area contributed by atoms with Crippen molar-refractivity contribution in [2.24, 2.45) is 0 Å². The monoisotopic (exact) mass is 314 g/mol. The fraction of sp³-hybridized carbons (Fsp3) is 0.188. The lowest BCUT2D eigenvalue weighted by Gasteiger charge is -2.08. The van der Waals surface area contributed by atoms with Crippen LogP contribution in [-0.4, -0.2) is 0 Å². The Morgan fingerprint density at radius 1 is 0.947 bits per heavy atom. The molecule has 0 aromatic heterocycles. The van der Waals surface area contributed by atoms with Gasteiger partial charge >= 0.3 is 0 Å². The van der Waals surface area contributed by atoms with Gasteiger partial charge in [-0.15, -0.1) is 0 Å². The first kappa shape index (κ1) is 13.8. The van der Waals surface area contributed by atoms with Crippen LogP contribution in [-0.2, 0) is 19.5 Å². The van der Waals surface area contributed by atoms with Crippen molar-refractivity contribution in [3.63, 3.8) is 0 Å². The summed E-state index contributed by atoms with van der Waals surface area (Å²) in [4.78, 5) is 0. The van der Waals surface area contributed by atoms with Crippen LogP contribution in [0.3, 0.4) is 0 Å². The highest BCUT2D eigenvalue weighted by atomic mass is 79.9. The maximum atomic E-state index is 8.80. The molecule has 2 aromatic rings. The molecule has 0 aliphatic rings. The summed E-state index contributed by atoms with van der Waals surface area (Å²) in [6.07, 6.45) is 0.468. The first-order valence-electron chi connectivity index (χ1n) is 6.18. The Hall–Kier alpha value is -1.63. The number of halogens is 1. The molecule has 0 spiro atoms. The second-order valence-corrected chi connectivity index (χ2v) is 5.25. The minimum Gasteiger partial charge on any atom is -0.309 e. The third-order valence-corrected chi connectivity index (χ3v) is 3.47. The Balaban J connectivity index is 1.92. The zero-order chi connectivity index (χ0) is 13.5. The van der Waals surface area contributed by atoms with Gasteiger partial charge in [0.1, 0.15) is 0 Å². The summed E-state index contributed by atoms with van der Waals surface area (Å²) in [5.74, 6) is 0. The van der Waals surface area contributed by atoms with Crippen LogP contribution in [0.4, 0.5) is 0 Å². The smallest absolute Gasteiger partial charge is 0.0669 e. The van der Waals surface area contributed by atoms with Crippen LogP contribution in [0.2, 0.25) is 0 Å². The van der Waals surface area contributed by atoms with Gasteiger partial charge in [-0.1, -0.05) is 52.3 Å². The van der Waals surface area contributed by atoms with Gasteiger partial charge in [0, 0.05) is 17.6 Å². The van der Waals surface area contributed by atoms with E-state index in [1.54, 1.807) is 0 Å². The van der Waals surface area contributed by atoms with E-state index in [0.29, 0.717) is 6.42 Å². The van der Waals surface area contributed by atoms with Crippen molar-refractivity contribution in [3.8, 4) is 6.07 Å². The molecule has 0 radical (unpaired) electrons. The molecule has 3 heteroatoms. The summed E-state index contributed by atoms with van der Waals surface area (Å²) in [6.45, 7) is 1.61. The van der Waals surface area contributed by atoms with Crippen LogP contribution < -0.4 is 5.32 Å². The zero-order valence-electron chi connectivity index (χ0n) is 10.6. The minimum absolute atomic E-state index is 0.468. The van der Waals surface area contributed by atoms with Gasteiger partial charge in [-0.3, -0.25) is 0 Å². The molecule has 2 nitrogen and oxygen atoms in total. The molecule has 0 amide bonds.